The second-order valence-electron chi connectivity index (χ2n) is 6.15. The molecule has 0 unspecified atom stereocenters. The Morgan fingerprint density at radius 1 is 1.41 bits per heavy atom. The maximum Gasteiger partial charge on any atom is 0.227 e. The van der Waals surface area contributed by atoms with Crippen LogP contribution in [-0.2, 0) is 16.1 Å². The molecular formula is C17H23FN2O2. The molecule has 0 radical (unpaired) electrons. The van der Waals surface area contributed by atoms with Crippen molar-refractivity contribution in [2.45, 2.75) is 39.7 Å². The lowest BCUT2D eigenvalue weighted by molar-refractivity contribution is -0.140. The van der Waals surface area contributed by atoms with E-state index < -0.39 is 5.41 Å². The third-order valence-electron chi connectivity index (χ3n) is 4.24. The molecule has 1 heterocycles. The summed E-state index contributed by atoms with van der Waals surface area (Å²) in [5.74, 6) is -0.301. The summed E-state index contributed by atoms with van der Waals surface area (Å²) < 4.78 is 13.1. The van der Waals surface area contributed by atoms with E-state index in [0.29, 0.717) is 19.5 Å². The van der Waals surface area contributed by atoms with Crippen LogP contribution in [0.1, 0.15) is 38.7 Å². The van der Waals surface area contributed by atoms with Crippen LogP contribution in [0.25, 0.3) is 0 Å². The van der Waals surface area contributed by atoms with Crippen LogP contribution in [0, 0.1) is 11.2 Å². The van der Waals surface area contributed by atoms with Gasteiger partial charge in [-0.05, 0) is 37.5 Å². The number of nitrogens with zero attached hydrogens (tertiary/aromatic N) is 1. The summed E-state index contributed by atoms with van der Waals surface area (Å²) in [7, 11) is 0. The van der Waals surface area contributed by atoms with E-state index in [-0.39, 0.29) is 17.6 Å². The van der Waals surface area contributed by atoms with Gasteiger partial charge < -0.3 is 10.2 Å². The van der Waals surface area contributed by atoms with Gasteiger partial charge in [-0.25, -0.2) is 4.39 Å². The number of halogens is 1. The molecule has 120 valence electrons. The number of likely N-dealkylation sites (tertiary alicyclic amines) is 1. The van der Waals surface area contributed by atoms with Gasteiger partial charge in [0.1, 0.15) is 5.82 Å². The third-order valence-corrected chi connectivity index (χ3v) is 4.24. The highest BCUT2D eigenvalue weighted by molar-refractivity contribution is 5.84. The van der Waals surface area contributed by atoms with Crippen LogP contribution in [0.2, 0.25) is 0 Å². The van der Waals surface area contributed by atoms with Gasteiger partial charge >= 0.3 is 0 Å². The smallest absolute Gasteiger partial charge is 0.227 e. The quantitative estimate of drug-likeness (QED) is 0.929. The highest BCUT2D eigenvalue weighted by atomic mass is 19.1. The Morgan fingerprint density at radius 2 is 2.18 bits per heavy atom. The first-order valence-corrected chi connectivity index (χ1v) is 7.75. The fourth-order valence-electron chi connectivity index (χ4n) is 2.90. The van der Waals surface area contributed by atoms with Gasteiger partial charge in [0.15, 0.2) is 0 Å². The number of carbonyl (C=O) groups excluding carboxylic acids is 2. The van der Waals surface area contributed by atoms with Crippen molar-refractivity contribution in [1.82, 2.24) is 10.2 Å². The van der Waals surface area contributed by atoms with Gasteiger partial charge in [0.2, 0.25) is 11.8 Å². The number of nitrogens with one attached hydrogen (secondary N) is 1. The van der Waals surface area contributed by atoms with E-state index in [0.717, 1.165) is 24.9 Å². The number of amides is 2. The van der Waals surface area contributed by atoms with Gasteiger partial charge in [0.05, 0.1) is 5.41 Å². The zero-order chi connectivity index (χ0) is 16.2. The van der Waals surface area contributed by atoms with Gasteiger partial charge in [0.25, 0.3) is 0 Å². The van der Waals surface area contributed by atoms with Gasteiger partial charge in [-0.1, -0.05) is 19.1 Å². The molecule has 1 aromatic carbocycles. The fraction of sp³-hybridized carbons (Fsp3) is 0.529. The normalized spacial score (nSPS) is 21.5. The molecule has 4 nitrogen and oxygen atoms in total. The lowest BCUT2D eigenvalue weighted by Crippen LogP contribution is -2.51. The largest absolute Gasteiger partial charge is 0.351 e. The summed E-state index contributed by atoms with van der Waals surface area (Å²) in [5.41, 5.74) is 0.158. The lowest BCUT2D eigenvalue weighted by Gasteiger charge is -2.39. The lowest BCUT2D eigenvalue weighted by atomic mass is 9.80. The van der Waals surface area contributed by atoms with E-state index in [1.54, 1.807) is 17.0 Å². The molecule has 0 spiro atoms. The maximum absolute atomic E-state index is 13.1. The van der Waals surface area contributed by atoms with Crippen molar-refractivity contribution < 1.29 is 14.0 Å². The summed E-state index contributed by atoms with van der Waals surface area (Å²) in [6, 6.07) is 6.19. The number of rotatable bonds is 4. The summed E-state index contributed by atoms with van der Waals surface area (Å²) in [4.78, 5) is 26.1. The number of hydrogen-bond acceptors (Lipinski definition) is 2. The van der Waals surface area contributed by atoms with Crippen LogP contribution < -0.4 is 5.32 Å². The van der Waals surface area contributed by atoms with Gasteiger partial charge in [0, 0.05) is 26.1 Å². The predicted molar refractivity (Wildman–Crippen MR) is 82.5 cm³/mol. The van der Waals surface area contributed by atoms with Crippen molar-refractivity contribution >= 4 is 11.8 Å². The van der Waals surface area contributed by atoms with Crippen molar-refractivity contribution in [2.24, 2.45) is 5.41 Å². The number of piperidine rings is 1. The van der Waals surface area contributed by atoms with Crippen LogP contribution in [0.4, 0.5) is 4.39 Å². The Morgan fingerprint density at radius 3 is 2.86 bits per heavy atom. The first-order chi connectivity index (χ1) is 10.4. The van der Waals surface area contributed by atoms with Crippen molar-refractivity contribution in [1.29, 1.82) is 0 Å². The van der Waals surface area contributed by atoms with Crippen molar-refractivity contribution in [3.05, 3.63) is 35.6 Å². The molecule has 0 aromatic heterocycles. The van der Waals surface area contributed by atoms with E-state index in [4.69, 9.17) is 0 Å². The molecule has 1 aliphatic rings. The minimum absolute atomic E-state index is 0.0784. The first kappa shape index (κ1) is 16.5. The Kier molecular flexibility index (Phi) is 5.16. The van der Waals surface area contributed by atoms with Crippen LogP contribution >= 0.6 is 0 Å². The fourth-order valence-corrected chi connectivity index (χ4v) is 2.90. The molecule has 2 rings (SSSR count). The third kappa shape index (κ3) is 3.84. The zero-order valence-electron chi connectivity index (χ0n) is 13.2. The molecule has 1 saturated heterocycles. The first-order valence-electron chi connectivity index (χ1n) is 7.75. The van der Waals surface area contributed by atoms with E-state index >= 15 is 0 Å². The van der Waals surface area contributed by atoms with E-state index in [1.165, 1.54) is 12.1 Å². The van der Waals surface area contributed by atoms with Crippen molar-refractivity contribution in [2.75, 3.05) is 13.1 Å². The van der Waals surface area contributed by atoms with Crippen molar-refractivity contribution in [3.8, 4) is 0 Å². The minimum Gasteiger partial charge on any atom is -0.351 e. The maximum atomic E-state index is 13.1. The standard InChI is InChI=1S/C17H23FN2O2/c1-3-15(21)20-9-5-8-17(2,12-20)16(22)19-11-13-6-4-7-14(18)10-13/h4,6-7,10H,3,5,8-9,11-12H2,1-2H3,(H,19,22)/t17-/m1/s1. The molecule has 1 aliphatic heterocycles. The average Bonchev–Trinajstić information content (AvgIpc) is 2.52. The summed E-state index contributed by atoms with van der Waals surface area (Å²) >= 11 is 0. The van der Waals surface area contributed by atoms with E-state index in [1.807, 2.05) is 13.8 Å². The Bertz CT molecular complexity index is 561. The van der Waals surface area contributed by atoms with Crippen LogP contribution in [0.3, 0.4) is 0 Å². The molecule has 0 aliphatic carbocycles. The van der Waals surface area contributed by atoms with Crippen LogP contribution in [-0.4, -0.2) is 29.8 Å². The van der Waals surface area contributed by atoms with E-state index in [9.17, 15) is 14.0 Å². The van der Waals surface area contributed by atoms with Crippen molar-refractivity contribution in [3.63, 3.8) is 0 Å². The highest BCUT2D eigenvalue weighted by Gasteiger charge is 2.38. The molecule has 22 heavy (non-hydrogen) atoms. The minimum atomic E-state index is -0.573. The Hall–Kier alpha value is -1.91. The topological polar surface area (TPSA) is 49.4 Å². The molecule has 5 heteroatoms. The molecule has 1 fully saturated rings. The Balaban J connectivity index is 1.97. The average molecular weight is 306 g/mol. The van der Waals surface area contributed by atoms with Gasteiger partial charge in [-0.3, -0.25) is 9.59 Å². The molecule has 1 atom stereocenters. The second-order valence-corrected chi connectivity index (χ2v) is 6.15. The monoisotopic (exact) mass is 306 g/mol. The molecular weight excluding hydrogens is 283 g/mol. The molecule has 0 bridgehead atoms. The van der Waals surface area contributed by atoms with Crippen LogP contribution in [0.5, 0.6) is 0 Å². The number of hydrogen-bond donors (Lipinski definition) is 1. The molecule has 2 amide bonds. The predicted octanol–water partition coefficient (Wildman–Crippen LogP) is 2.48. The summed E-state index contributed by atoms with van der Waals surface area (Å²) in [6.07, 6.45) is 2.05. The second kappa shape index (κ2) is 6.90. The summed E-state index contributed by atoms with van der Waals surface area (Å²) in [5, 5.41) is 2.87. The number of benzene rings is 1. The van der Waals surface area contributed by atoms with Gasteiger partial charge in [-0.2, -0.15) is 0 Å². The van der Waals surface area contributed by atoms with E-state index in [2.05, 4.69) is 5.32 Å². The molecule has 1 N–H and O–H groups in total. The molecule has 1 aromatic rings. The van der Waals surface area contributed by atoms with Crippen LogP contribution in [0.15, 0.2) is 24.3 Å². The Labute approximate surface area is 130 Å². The molecule has 0 saturated carbocycles. The number of carbonyl (C=O) groups is 2. The SMILES string of the molecule is CCC(=O)N1CCC[C@@](C)(C(=O)NCc2cccc(F)c2)C1. The summed E-state index contributed by atoms with van der Waals surface area (Å²) in [6.45, 7) is 5.20. The zero-order valence-corrected chi connectivity index (χ0v) is 13.2. The highest BCUT2D eigenvalue weighted by Crippen LogP contribution is 2.30. The van der Waals surface area contributed by atoms with Gasteiger partial charge in [-0.15, -0.1) is 0 Å².